The second-order valence-corrected chi connectivity index (χ2v) is 8.79. The largest absolute Gasteiger partial charge is 0.497 e. The third-order valence-corrected chi connectivity index (χ3v) is 6.65. The molecule has 1 aliphatic rings. The third-order valence-electron chi connectivity index (χ3n) is 6.01. The standard InChI is InChI=1S/C27H21Cl2N3O3/c1-34-18-12-10-16(11-13-18)22-15-23(32(31-22)27(33)19-7-3-4-8-21(19)28)20-14-17-6-5-9-24(35-2)25(17)30-26(20)29/h3-14,23H,15H2,1-2H3/t23-/m0/s1. The van der Waals surface area contributed by atoms with E-state index in [1.165, 1.54) is 5.01 Å². The number of nitrogens with zero attached hydrogens (tertiary/aromatic N) is 3. The molecule has 3 aromatic carbocycles. The number of pyridine rings is 1. The van der Waals surface area contributed by atoms with Crippen LogP contribution in [0.1, 0.15) is 33.9 Å². The summed E-state index contributed by atoms with van der Waals surface area (Å²) in [6.07, 6.45) is 0.458. The third kappa shape index (κ3) is 4.31. The molecule has 5 rings (SSSR count). The van der Waals surface area contributed by atoms with Gasteiger partial charge in [0.05, 0.1) is 36.6 Å². The maximum absolute atomic E-state index is 13.6. The van der Waals surface area contributed by atoms with Gasteiger partial charge >= 0.3 is 0 Å². The lowest BCUT2D eigenvalue weighted by atomic mass is 9.98. The summed E-state index contributed by atoms with van der Waals surface area (Å²) in [6.45, 7) is 0. The minimum absolute atomic E-state index is 0.287. The summed E-state index contributed by atoms with van der Waals surface area (Å²) < 4.78 is 10.7. The normalized spacial score (nSPS) is 15.3. The molecule has 1 aliphatic heterocycles. The highest BCUT2D eigenvalue weighted by Crippen LogP contribution is 2.39. The smallest absolute Gasteiger partial charge is 0.276 e. The van der Waals surface area contributed by atoms with E-state index in [-0.39, 0.29) is 11.1 Å². The molecule has 0 saturated carbocycles. The maximum Gasteiger partial charge on any atom is 0.276 e. The Morgan fingerprint density at radius 2 is 1.74 bits per heavy atom. The first-order valence-corrected chi connectivity index (χ1v) is 11.7. The summed E-state index contributed by atoms with van der Waals surface area (Å²) in [7, 11) is 3.21. The van der Waals surface area contributed by atoms with Crippen molar-refractivity contribution in [3.8, 4) is 11.5 Å². The number of para-hydroxylation sites is 1. The number of methoxy groups -OCH3 is 2. The minimum atomic E-state index is -0.466. The van der Waals surface area contributed by atoms with Gasteiger partial charge in [-0.05, 0) is 54.1 Å². The van der Waals surface area contributed by atoms with Crippen molar-refractivity contribution in [3.63, 3.8) is 0 Å². The van der Waals surface area contributed by atoms with Gasteiger partial charge < -0.3 is 9.47 Å². The van der Waals surface area contributed by atoms with Crippen LogP contribution in [0.3, 0.4) is 0 Å². The van der Waals surface area contributed by atoms with Gasteiger partial charge in [0, 0.05) is 17.4 Å². The van der Waals surface area contributed by atoms with E-state index in [2.05, 4.69) is 4.98 Å². The Morgan fingerprint density at radius 3 is 2.46 bits per heavy atom. The summed E-state index contributed by atoms with van der Waals surface area (Å²) in [5.41, 5.74) is 3.35. The van der Waals surface area contributed by atoms with Crippen LogP contribution in [0.4, 0.5) is 0 Å². The first-order chi connectivity index (χ1) is 17.0. The van der Waals surface area contributed by atoms with E-state index in [4.69, 9.17) is 37.8 Å². The zero-order valence-corrected chi connectivity index (χ0v) is 20.5. The Labute approximate surface area is 212 Å². The lowest BCUT2D eigenvalue weighted by Crippen LogP contribution is -2.27. The van der Waals surface area contributed by atoms with Crippen LogP contribution in [0.5, 0.6) is 11.5 Å². The van der Waals surface area contributed by atoms with E-state index in [1.807, 2.05) is 48.5 Å². The number of amides is 1. The zero-order chi connectivity index (χ0) is 24.5. The first kappa shape index (κ1) is 23.1. The van der Waals surface area contributed by atoms with Gasteiger partial charge in [0.15, 0.2) is 0 Å². The Morgan fingerprint density at radius 1 is 0.971 bits per heavy atom. The van der Waals surface area contributed by atoms with Crippen molar-refractivity contribution in [3.05, 3.63) is 99.7 Å². The fourth-order valence-electron chi connectivity index (χ4n) is 4.22. The van der Waals surface area contributed by atoms with Crippen LogP contribution in [0.25, 0.3) is 10.9 Å². The molecule has 0 unspecified atom stereocenters. The molecular weight excluding hydrogens is 485 g/mol. The maximum atomic E-state index is 13.6. The highest BCUT2D eigenvalue weighted by Gasteiger charge is 2.36. The lowest BCUT2D eigenvalue weighted by molar-refractivity contribution is 0.0711. The summed E-state index contributed by atoms with van der Waals surface area (Å²) in [4.78, 5) is 18.2. The van der Waals surface area contributed by atoms with Crippen molar-refractivity contribution >= 4 is 45.7 Å². The molecule has 0 bridgehead atoms. The van der Waals surface area contributed by atoms with Gasteiger partial charge in [0.1, 0.15) is 22.2 Å². The predicted octanol–water partition coefficient (Wildman–Crippen LogP) is 6.55. The van der Waals surface area contributed by atoms with E-state index >= 15 is 0 Å². The molecule has 0 aliphatic carbocycles. The summed E-state index contributed by atoms with van der Waals surface area (Å²) >= 11 is 13.1. The van der Waals surface area contributed by atoms with Gasteiger partial charge in [-0.25, -0.2) is 9.99 Å². The molecule has 0 radical (unpaired) electrons. The van der Waals surface area contributed by atoms with Gasteiger partial charge in [0.25, 0.3) is 5.91 Å². The van der Waals surface area contributed by atoms with Crippen LogP contribution in [-0.4, -0.2) is 35.8 Å². The molecule has 0 spiro atoms. The average Bonchev–Trinajstić information content (AvgIpc) is 3.33. The van der Waals surface area contributed by atoms with Crippen molar-refractivity contribution < 1.29 is 14.3 Å². The number of hydrogen-bond acceptors (Lipinski definition) is 5. The Balaban J connectivity index is 1.61. The topological polar surface area (TPSA) is 64.0 Å². The van der Waals surface area contributed by atoms with Gasteiger partial charge in [0.2, 0.25) is 0 Å². The number of fused-ring (bicyclic) bond motifs is 1. The second kappa shape index (κ2) is 9.56. The Bertz CT molecular complexity index is 1450. The van der Waals surface area contributed by atoms with Gasteiger partial charge in [-0.15, -0.1) is 0 Å². The zero-order valence-electron chi connectivity index (χ0n) is 19.0. The molecule has 1 aromatic heterocycles. The lowest BCUT2D eigenvalue weighted by Gasteiger charge is -2.23. The molecule has 2 heterocycles. The fourth-order valence-corrected chi connectivity index (χ4v) is 4.70. The fraction of sp³-hybridized carbons (Fsp3) is 0.148. The molecule has 6 nitrogen and oxygen atoms in total. The van der Waals surface area contributed by atoms with Crippen LogP contribution in [0.2, 0.25) is 10.2 Å². The molecule has 176 valence electrons. The highest BCUT2D eigenvalue weighted by molar-refractivity contribution is 6.34. The van der Waals surface area contributed by atoms with Gasteiger partial charge in [-0.1, -0.05) is 47.5 Å². The molecule has 4 aromatic rings. The minimum Gasteiger partial charge on any atom is -0.497 e. The number of carbonyl (C=O) groups excluding carboxylic acids is 1. The molecule has 0 saturated heterocycles. The van der Waals surface area contributed by atoms with Gasteiger partial charge in [-0.3, -0.25) is 4.79 Å². The highest BCUT2D eigenvalue weighted by atomic mass is 35.5. The Hall–Kier alpha value is -3.61. The monoisotopic (exact) mass is 505 g/mol. The van der Waals surface area contributed by atoms with Crippen LogP contribution in [0, 0.1) is 0 Å². The molecule has 0 N–H and O–H groups in total. The van der Waals surface area contributed by atoms with Crippen LogP contribution in [-0.2, 0) is 0 Å². The van der Waals surface area contributed by atoms with E-state index in [0.29, 0.717) is 33.8 Å². The number of benzene rings is 3. The number of hydrogen-bond donors (Lipinski definition) is 0. The number of rotatable bonds is 5. The van der Waals surface area contributed by atoms with Crippen molar-refractivity contribution in [2.24, 2.45) is 5.10 Å². The first-order valence-electron chi connectivity index (χ1n) is 10.9. The number of ether oxygens (including phenoxy) is 2. The summed E-state index contributed by atoms with van der Waals surface area (Å²) in [6, 6.07) is 21.6. The van der Waals surface area contributed by atoms with E-state index in [0.717, 1.165) is 22.4 Å². The van der Waals surface area contributed by atoms with E-state index in [1.54, 1.807) is 38.5 Å². The molecule has 1 atom stereocenters. The van der Waals surface area contributed by atoms with Crippen molar-refractivity contribution in [2.45, 2.75) is 12.5 Å². The summed E-state index contributed by atoms with van der Waals surface area (Å²) in [5.74, 6) is 1.05. The van der Waals surface area contributed by atoms with E-state index < -0.39 is 6.04 Å². The number of hydrazone groups is 1. The number of halogens is 2. The second-order valence-electron chi connectivity index (χ2n) is 8.03. The summed E-state index contributed by atoms with van der Waals surface area (Å²) in [5, 5.41) is 7.69. The average molecular weight is 506 g/mol. The van der Waals surface area contributed by atoms with Gasteiger partial charge in [-0.2, -0.15) is 5.10 Å². The predicted molar refractivity (Wildman–Crippen MR) is 138 cm³/mol. The number of carbonyl (C=O) groups is 1. The Kier molecular flexibility index (Phi) is 6.32. The number of aromatic nitrogens is 1. The molecule has 0 fully saturated rings. The van der Waals surface area contributed by atoms with Crippen LogP contribution in [0.15, 0.2) is 77.9 Å². The van der Waals surface area contributed by atoms with Crippen molar-refractivity contribution in [1.82, 2.24) is 9.99 Å². The molecule has 8 heteroatoms. The van der Waals surface area contributed by atoms with Crippen LogP contribution < -0.4 is 9.47 Å². The SMILES string of the molecule is COc1ccc(C2=NN(C(=O)c3ccccc3Cl)[C@H](c3cc4cccc(OC)c4nc3Cl)C2)cc1. The van der Waals surface area contributed by atoms with E-state index in [9.17, 15) is 4.79 Å². The van der Waals surface area contributed by atoms with Crippen molar-refractivity contribution in [1.29, 1.82) is 0 Å². The van der Waals surface area contributed by atoms with Crippen molar-refractivity contribution in [2.75, 3.05) is 14.2 Å². The molecular formula is C27H21Cl2N3O3. The van der Waals surface area contributed by atoms with Crippen LogP contribution >= 0.6 is 23.2 Å². The quantitative estimate of drug-likeness (QED) is 0.288. The molecule has 35 heavy (non-hydrogen) atoms. The molecule has 1 amide bonds.